The summed E-state index contributed by atoms with van der Waals surface area (Å²) in [5.41, 5.74) is 1.36. The summed E-state index contributed by atoms with van der Waals surface area (Å²) < 4.78 is 30.0. The van der Waals surface area contributed by atoms with Gasteiger partial charge in [0.15, 0.2) is 0 Å². The highest BCUT2D eigenvalue weighted by Gasteiger charge is 2.20. The van der Waals surface area contributed by atoms with E-state index in [2.05, 4.69) is 0 Å². The first kappa shape index (κ1) is 19.1. The molecule has 0 spiro atoms. The van der Waals surface area contributed by atoms with E-state index in [9.17, 15) is 23.3 Å². The summed E-state index contributed by atoms with van der Waals surface area (Å²) in [5, 5.41) is 19.3. The number of nitrogens with zero attached hydrogens (tertiary/aromatic N) is 1. The van der Waals surface area contributed by atoms with Crippen LogP contribution in [0.25, 0.3) is 6.08 Å². The second kappa shape index (κ2) is 7.36. The highest BCUT2D eigenvalue weighted by atomic mass is 32.2. The highest BCUT2D eigenvalue weighted by Crippen LogP contribution is 2.29. The number of nitro groups is 1. The topological polar surface area (TPSA) is 124 Å². The van der Waals surface area contributed by atoms with Gasteiger partial charge in [-0.1, -0.05) is 0 Å². The van der Waals surface area contributed by atoms with Gasteiger partial charge in [0.25, 0.3) is 5.69 Å². The summed E-state index contributed by atoms with van der Waals surface area (Å²) in [4.78, 5) is 20.4. The lowest BCUT2D eigenvalue weighted by Crippen LogP contribution is -2.11. The zero-order chi connectivity index (χ0) is 19.5. The number of carbonyl (C=O) groups is 1. The third-order valence-corrected chi connectivity index (χ3v) is 4.67. The zero-order valence-corrected chi connectivity index (χ0v) is 14.7. The lowest BCUT2D eigenvalue weighted by Gasteiger charge is -2.13. The molecule has 2 rings (SSSR count). The number of aryl methyl sites for hydroxylation is 2. The molecule has 0 aromatic heterocycles. The number of nitro benzene ring substituents is 1. The lowest BCUT2D eigenvalue weighted by molar-refractivity contribution is -0.384. The van der Waals surface area contributed by atoms with Gasteiger partial charge in [-0.15, -0.1) is 0 Å². The Morgan fingerprint density at radius 1 is 1.15 bits per heavy atom. The van der Waals surface area contributed by atoms with Crippen molar-refractivity contribution in [3.63, 3.8) is 0 Å². The Morgan fingerprint density at radius 3 is 2.15 bits per heavy atom. The molecule has 9 heteroatoms. The third-order valence-electron chi connectivity index (χ3n) is 3.43. The first-order valence-corrected chi connectivity index (χ1v) is 8.72. The molecule has 0 heterocycles. The van der Waals surface area contributed by atoms with Gasteiger partial charge in [0.2, 0.25) is 0 Å². The highest BCUT2D eigenvalue weighted by molar-refractivity contribution is 7.87. The van der Waals surface area contributed by atoms with Crippen molar-refractivity contribution >= 4 is 27.9 Å². The summed E-state index contributed by atoms with van der Waals surface area (Å²) in [7, 11) is -4.17. The minimum atomic E-state index is -4.17. The maximum Gasteiger partial charge on any atom is 0.339 e. The van der Waals surface area contributed by atoms with Crippen LogP contribution in [0.2, 0.25) is 0 Å². The molecule has 0 bridgehead atoms. The molecule has 0 saturated carbocycles. The predicted octanol–water partition coefficient (Wildman–Crippen LogP) is 3.08. The molecular weight excluding hydrogens is 362 g/mol. The van der Waals surface area contributed by atoms with E-state index < -0.39 is 21.0 Å². The molecule has 0 atom stereocenters. The van der Waals surface area contributed by atoms with E-state index in [0.717, 1.165) is 30.3 Å². The average molecular weight is 377 g/mol. The number of hydrogen-bond acceptors (Lipinski definition) is 6. The molecule has 0 aliphatic rings. The van der Waals surface area contributed by atoms with Crippen LogP contribution < -0.4 is 4.18 Å². The Morgan fingerprint density at radius 2 is 1.69 bits per heavy atom. The van der Waals surface area contributed by atoms with Crippen LogP contribution >= 0.6 is 0 Å². The molecule has 136 valence electrons. The molecule has 0 aliphatic heterocycles. The van der Waals surface area contributed by atoms with Gasteiger partial charge in [0, 0.05) is 18.2 Å². The van der Waals surface area contributed by atoms with Crippen LogP contribution in [0.15, 0.2) is 47.4 Å². The zero-order valence-electron chi connectivity index (χ0n) is 13.9. The maximum absolute atomic E-state index is 12.4. The summed E-state index contributed by atoms with van der Waals surface area (Å²) in [6.07, 6.45) is 2.36. The Bertz CT molecular complexity index is 969. The normalized spacial score (nSPS) is 11.5. The molecule has 0 unspecified atom stereocenters. The van der Waals surface area contributed by atoms with Crippen molar-refractivity contribution in [1.82, 2.24) is 0 Å². The number of aliphatic carboxylic acids is 1. The molecule has 8 nitrogen and oxygen atoms in total. The molecular formula is C17H15NO7S. The van der Waals surface area contributed by atoms with Crippen molar-refractivity contribution in [2.45, 2.75) is 18.7 Å². The van der Waals surface area contributed by atoms with Gasteiger partial charge in [-0.05, 0) is 60.9 Å². The summed E-state index contributed by atoms with van der Waals surface area (Å²) in [5.74, 6) is -0.975. The van der Waals surface area contributed by atoms with E-state index in [4.69, 9.17) is 9.29 Å². The van der Waals surface area contributed by atoms with Gasteiger partial charge >= 0.3 is 16.1 Å². The van der Waals surface area contributed by atoms with Gasteiger partial charge in [0.1, 0.15) is 10.6 Å². The summed E-state index contributed by atoms with van der Waals surface area (Å²) >= 11 is 0. The van der Waals surface area contributed by atoms with E-state index in [1.54, 1.807) is 26.0 Å². The first-order chi connectivity index (χ1) is 12.1. The number of benzene rings is 2. The standard InChI is InChI=1S/C17H15NO7S/c1-11-9-13(3-8-16(19)20)10-12(2)17(11)25-26(23,24)15-6-4-14(5-7-15)18(21)22/h3-10H,1-2H3,(H,19,20)/b8-3+. The van der Waals surface area contributed by atoms with Crippen molar-refractivity contribution < 1.29 is 27.4 Å². The monoisotopic (exact) mass is 377 g/mol. The summed E-state index contributed by atoms with van der Waals surface area (Å²) in [6, 6.07) is 7.54. The Hall–Kier alpha value is -3.20. The Labute approximate surface area is 149 Å². The Balaban J connectivity index is 2.34. The molecule has 2 aromatic rings. The van der Waals surface area contributed by atoms with Crippen LogP contribution in [0.3, 0.4) is 0 Å². The van der Waals surface area contributed by atoms with Gasteiger partial charge < -0.3 is 9.29 Å². The molecule has 0 fully saturated rings. The molecule has 2 aromatic carbocycles. The second-order valence-electron chi connectivity index (χ2n) is 5.44. The number of carboxylic acid groups (broad SMARTS) is 1. The van der Waals surface area contributed by atoms with Crippen LogP contribution in [-0.2, 0) is 14.9 Å². The van der Waals surface area contributed by atoms with Gasteiger partial charge in [-0.25, -0.2) is 4.79 Å². The molecule has 0 saturated heterocycles. The van der Waals surface area contributed by atoms with Crippen LogP contribution in [0.4, 0.5) is 5.69 Å². The average Bonchev–Trinajstić information content (AvgIpc) is 2.56. The molecule has 0 radical (unpaired) electrons. The first-order valence-electron chi connectivity index (χ1n) is 7.31. The van der Waals surface area contributed by atoms with Gasteiger partial charge in [-0.3, -0.25) is 10.1 Å². The van der Waals surface area contributed by atoms with E-state index in [0.29, 0.717) is 16.7 Å². The minimum absolute atomic E-state index is 0.121. The van der Waals surface area contributed by atoms with Gasteiger partial charge in [-0.2, -0.15) is 8.42 Å². The number of carboxylic acids is 1. The van der Waals surface area contributed by atoms with Crippen molar-refractivity contribution in [3.8, 4) is 5.75 Å². The van der Waals surface area contributed by atoms with Gasteiger partial charge in [0.05, 0.1) is 4.92 Å². The fourth-order valence-corrected chi connectivity index (χ4v) is 3.32. The van der Waals surface area contributed by atoms with Crippen molar-refractivity contribution in [2.75, 3.05) is 0 Å². The van der Waals surface area contributed by atoms with Crippen LogP contribution in [0.5, 0.6) is 5.75 Å². The van der Waals surface area contributed by atoms with E-state index in [-0.39, 0.29) is 16.3 Å². The second-order valence-corrected chi connectivity index (χ2v) is 6.99. The number of rotatable bonds is 6. The SMILES string of the molecule is Cc1cc(/C=C/C(=O)O)cc(C)c1OS(=O)(=O)c1ccc([N+](=O)[O-])cc1. The largest absolute Gasteiger partial charge is 0.478 e. The fraction of sp³-hybridized carbons (Fsp3) is 0.118. The van der Waals surface area contributed by atoms with E-state index in [1.165, 1.54) is 6.08 Å². The molecule has 0 amide bonds. The predicted molar refractivity (Wildman–Crippen MR) is 93.5 cm³/mol. The smallest absolute Gasteiger partial charge is 0.339 e. The van der Waals surface area contributed by atoms with Crippen molar-refractivity contribution in [3.05, 3.63) is 69.3 Å². The summed E-state index contributed by atoms with van der Waals surface area (Å²) in [6.45, 7) is 3.26. The lowest BCUT2D eigenvalue weighted by atomic mass is 10.1. The van der Waals surface area contributed by atoms with Crippen molar-refractivity contribution in [2.24, 2.45) is 0 Å². The third kappa shape index (κ3) is 4.45. The van der Waals surface area contributed by atoms with Crippen LogP contribution in [-0.4, -0.2) is 24.4 Å². The van der Waals surface area contributed by atoms with Crippen LogP contribution in [0.1, 0.15) is 16.7 Å². The molecule has 1 N–H and O–H groups in total. The number of hydrogen-bond donors (Lipinski definition) is 1. The van der Waals surface area contributed by atoms with Crippen LogP contribution in [0, 0.1) is 24.0 Å². The van der Waals surface area contributed by atoms with E-state index >= 15 is 0 Å². The van der Waals surface area contributed by atoms with Crippen molar-refractivity contribution in [1.29, 1.82) is 0 Å². The maximum atomic E-state index is 12.4. The quantitative estimate of drug-likeness (QED) is 0.355. The van der Waals surface area contributed by atoms with E-state index in [1.807, 2.05) is 0 Å². The molecule has 0 aliphatic carbocycles. The minimum Gasteiger partial charge on any atom is -0.478 e. The fourth-order valence-electron chi connectivity index (χ4n) is 2.27. The number of non-ortho nitro benzene ring substituents is 1. The molecule has 26 heavy (non-hydrogen) atoms. The Kier molecular flexibility index (Phi) is 5.41.